The topological polar surface area (TPSA) is 46.3 Å². The van der Waals surface area contributed by atoms with E-state index in [1.54, 1.807) is 4.90 Å². The summed E-state index contributed by atoms with van der Waals surface area (Å²) in [6.45, 7) is 4.02. The van der Waals surface area contributed by atoms with Crippen LogP contribution in [0.3, 0.4) is 0 Å². The van der Waals surface area contributed by atoms with Gasteiger partial charge in [0.15, 0.2) is 0 Å². The Morgan fingerprint density at radius 3 is 2.62 bits per heavy atom. The molecule has 0 fully saturated rings. The molecule has 0 saturated carbocycles. The zero-order valence-electron chi connectivity index (χ0n) is 12.6. The van der Waals surface area contributed by atoms with Crippen LogP contribution in [-0.4, -0.2) is 13.0 Å². The van der Waals surface area contributed by atoms with Crippen molar-refractivity contribution in [1.29, 1.82) is 0 Å². The highest BCUT2D eigenvalue weighted by Crippen LogP contribution is 2.38. The lowest BCUT2D eigenvalue weighted by Gasteiger charge is -2.17. The van der Waals surface area contributed by atoms with E-state index in [4.69, 9.17) is 5.73 Å². The predicted molar refractivity (Wildman–Crippen MR) is 85.5 cm³/mol. The number of carbonyl (C=O) groups excluding carboxylic acids is 1. The van der Waals surface area contributed by atoms with Crippen molar-refractivity contribution >= 4 is 11.6 Å². The fourth-order valence-electron chi connectivity index (χ4n) is 3.08. The average molecular weight is 280 g/mol. The summed E-state index contributed by atoms with van der Waals surface area (Å²) in [4.78, 5) is 13.8. The van der Waals surface area contributed by atoms with Crippen LogP contribution in [0.4, 0.5) is 5.69 Å². The van der Waals surface area contributed by atoms with E-state index < -0.39 is 0 Å². The number of rotatable bonds is 2. The lowest BCUT2D eigenvalue weighted by Crippen LogP contribution is -2.22. The minimum absolute atomic E-state index is 0.0889. The highest BCUT2D eigenvalue weighted by atomic mass is 16.2. The lowest BCUT2D eigenvalue weighted by atomic mass is 9.92. The van der Waals surface area contributed by atoms with Crippen LogP contribution in [0, 0.1) is 6.92 Å². The maximum Gasteiger partial charge on any atom is 0.234 e. The number of nitrogens with two attached hydrogens (primary N) is 1. The molecule has 0 saturated heterocycles. The fourth-order valence-corrected chi connectivity index (χ4v) is 3.08. The SMILES string of the molecule is Cc1ccccc1C(N)c1ccc2c(c1)C(C)C(=O)N2C. The maximum absolute atomic E-state index is 12.1. The molecular weight excluding hydrogens is 260 g/mol. The molecule has 0 bridgehead atoms. The monoisotopic (exact) mass is 280 g/mol. The summed E-state index contributed by atoms with van der Waals surface area (Å²) in [6.07, 6.45) is 0. The molecule has 0 aromatic heterocycles. The Morgan fingerprint density at radius 2 is 1.90 bits per heavy atom. The van der Waals surface area contributed by atoms with Crippen molar-refractivity contribution in [3.8, 4) is 0 Å². The quantitative estimate of drug-likeness (QED) is 0.918. The molecule has 2 aromatic carbocycles. The smallest absolute Gasteiger partial charge is 0.234 e. The van der Waals surface area contributed by atoms with Crippen molar-refractivity contribution in [3.63, 3.8) is 0 Å². The number of likely N-dealkylation sites (N-methyl/N-ethyl adjacent to an activating group) is 1. The normalized spacial score (nSPS) is 18.8. The number of benzene rings is 2. The van der Waals surface area contributed by atoms with Crippen LogP contribution in [-0.2, 0) is 4.79 Å². The molecule has 2 N–H and O–H groups in total. The van der Waals surface area contributed by atoms with Crippen molar-refractivity contribution in [2.24, 2.45) is 5.73 Å². The minimum Gasteiger partial charge on any atom is -0.320 e. The van der Waals surface area contributed by atoms with Gasteiger partial charge >= 0.3 is 0 Å². The molecule has 1 amide bonds. The summed E-state index contributed by atoms with van der Waals surface area (Å²) in [7, 11) is 1.83. The average Bonchev–Trinajstić information content (AvgIpc) is 2.71. The van der Waals surface area contributed by atoms with E-state index in [2.05, 4.69) is 25.1 Å². The molecule has 21 heavy (non-hydrogen) atoms. The molecular formula is C18H20N2O. The summed E-state index contributed by atoms with van der Waals surface area (Å²) < 4.78 is 0. The zero-order chi connectivity index (χ0) is 15.1. The van der Waals surface area contributed by atoms with Crippen LogP contribution in [0.25, 0.3) is 0 Å². The van der Waals surface area contributed by atoms with Gasteiger partial charge in [0.25, 0.3) is 0 Å². The number of amides is 1. The van der Waals surface area contributed by atoms with Crippen LogP contribution in [0.5, 0.6) is 0 Å². The molecule has 1 aliphatic heterocycles. The largest absolute Gasteiger partial charge is 0.320 e. The van der Waals surface area contributed by atoms with E-state index >= 15 is 0 Å². The van der Waals surface area contributed by atoms with Gasteiger partial charge in [-0.2, -0.15) is 0 Å². The predicted octanol–water partition coefficient (Wildman–Crippen LogP) is 3.12. The molecule has 1 heterocycles. The van der Waals surface area contributed by atoms with Crippen LogP contribution in [0.2, 0.25) is 0 Å². The van der Waals surface area contributed by atoms with Gasteiger partial charge in [-0.25, -0.2) is 0 Å². The van der Waals surface area contributed by atoms with Gasteiger partial charge in [-0.15, -0.1) is 0 Å². The summed E-state index contributed by atoms with van der Waals surface area (Å²) in [5.41, 5.74) is 11.9. The van der Waals surface area contributed by atoms with Gasteiger partial charge < -0.3 is 10.6 Å². The molecule has 0 aliphatic carbocycles. The zero-order valence-corrected chi connectivity index (χ0v) is 12.6. The highest BCUT2D eigenvalue weighted by Gasteiger charge is 2.32. The fraction of sp³-hybridized carbons (Fsp3) is 0.278. The second-order valence-electron chi connectivity index (χ2n) is 5.77. The Kier molecular flexibility index (Phi) is 3.30. The minimum atomic E-state index is -0.162. The summed E-state index contributed by atoms with van der Waals surface area (Å²) in [5.74, 6) is 0.0561. The van der Waals surface area contributed by atoms with Crippen molar-refractivity contribution in [1.82, 2.24) is 0 Å². The number of hydrogen-bond acceptors (Lipinski definition) is 2. The second kappa shape index (κ2) is 5.01. The molecule has 3 rings (SSSR count). The molecule has 3 heteroatoms. The first-order valence-corrected chi connectivity index (χ1v) is 7.23. The van der Waals surface area contributed by atoms with E-state index in [9.17, 15) is 4.79 Å². The first kappa shape index (κ1) is 13.8. The third-order valence-corrected chi connectivity index (χ3v) is 4.46. The number of aryl methyl sites for hydroxylation is 1. The summed E-state index contributed by atoms with van der Waals surface area (Å²) >= 11 is 0. The lowest BCUT2D eigenvalue weighted by molar-refractivity contribution is -0.118. The van der Waals surface area contributed by atoms with Gasteiger partial charge in [-0.3, -0.25) is 4.79 Å². The summed E-state index contributed by atoms with van der Waals surface area (Å²) in [6, 6.07) is 14.1. The Labute approximate surface area is 125 Å². The van der Waals surface area contributed by atoms with Gasteiger partial charge in [0.2, 0.25) is 5.91 Å². The molecule has 2 unspecified atom stereocenters. The van der Waals surface area contributed by atoms with E-state index in [1.807, 2.05) is 38.2 Å². The van der Waals surface area contributed by atoms with Crippen LogP contribution in [0.15, 0.2) is 42.5 Å². The van der Waals surface area contributed by atoms with E-state index in [1.165, 1.54) is 5.56 Å². The van der Waals surface area contributed by atoms with E-state index in [-0.39, 0.29) is 17.9 Å². The summed E-state index contributed by atoms with van der Waals surface area (Å²) in [5, 5.41) is 0. The van der Waals surface area contributed by atoms with Gasteiger partial charge in [0.1, 0.15) is 0 Å². The van der Waals surface area contributed by atoms with Crippen LogP contribution >= 0.6 is 0 Å². The Bertz CT molecular complexity index is 708. The number of hydrogen-bond donors (Lipinski definition) is 1. The van der Waals surface area contributed by atoms with Crippen molar-refractivity contribution in [2.75, 3.05) is 11.9 Å². The van der Waals surface area contributed by atoms with Gasteiger partial charge in [0.05, 0.1) is 12.0 Å². The third-order valence-electron chi connectivity index (χ3n) is 4.46. The van der Waals surface area contributed by atoms with Crippen LogP contribution < -0.4 is 10.6 Å². The van der Waals surface area contributed by atoms with Gasteiger partial charge in [0, 0.05) is 12.7 Å². The molecule has 2 atom stereocenters. The number of fused-ring (bicyclic) bond motifs is 1. The van der Waals surface area contributed by atoms with Gasteiger partial charge in [-0.1, -0.05) is 36.4 Å². The second-order valence-corrected chi connectivity index (χ2v) is 5.77. The molecule has 0 radical (unpaired) electrons. The van der Waals surface area contributed by atoms with Gasteiger partial charge in [-0.05, 0) is 42.2 Å². The van der Waals surface area contributed by atoms with Crippen LogP contribution in [0.1, 0.15) is 41.1 Å². The molecule has 0 spiro atoms. The highest BCUT2D eigenvalue weighted by molar-refractivity contribution is 6.04. The Hall–Kier alpha value is -2.13. The number of nitrogens with zero attached hydrogens (tertiary/aromatic N) is 1. The Morgan fingerprint density at radius 1 is 1.19 bits per heavy atom. The standard InChI is InChI=1S/C18H20N2O/c1-11-6-4-5-7-14(11)17(19)13-8-9-16-15(10-13)12(2)18(21)20(16)3/h4-10,12,17H,19H2,1-3H3. The number of carbonyl (C=O) groups is 1. The molecule has 2 aromatic rings. The van der Waals surface area contributed by atoms with Crippen molar-refractivity contribution in [2.45, 2.75) is 25.8 Å². The maximum atomic E-state index is 12.1. The molecule has 108 valence electrons. The third kappa shape index (κ3) is 2.14. The molecule has 3 nitrogen and oxygen atoms in total. The molecule has 1 aliphatic rings. The van der Waals surface area contributed by atoms with Crippen molar-refractivity contribution < 1.29 is 4.79 Å². The first-order valence-electron chi connectivity index (χ1n) is 7.23. The van der Waals surface area contributed by atoms with Crippen molar-refractivity contribution in [3.05, 3.63) is 64.7 Å². The first-order chi connectivity index (χ1) is 10.0. The Balaban J connectivity index is 2.03. The van der Waals surface area contributed by atoms with E-state index in [0.29, 0.717) is 0 Å². The van der Waals surface area contributed by atoms with E-state index in [0.717, 1.165) is 22.4 Å². The number of anilines is 1.